The van der Waals surface area contributed by atoms with E-state index < -0.39 is 0 Å². The fourth-order valence-electron chi connectivity index (χ4n) is 5.87. The van der Waals surface area contributed by atoms with Gasteiger partial charge in [-0.15, -0.1) is 0 Å². The monoisotopic (exact) mass is 546 g/mol. The number of nitrogens with one attached hydrogen (secondary N) is 2. The van der Waals surface area contributed by atoms with Crippen LogP contribution < -0.4 is 15.5 Å². The van der Waals surface area contributed by atoms with Crippen molar-refractivity contribution in [2.75, 3.05) is 49.6 Å². The first-order valence-corrected chi connectivity index (χ1v) is 14.7. The van der Waals surface area contributed by atoms with Gasteiger partial charge in [-0.1, -0.05) is 17.7 Å². The highest BCUT2D eigenvalue weighted by molar-refractivity contribution is 6.13. The fourth-order valence-corrected chi connectivity index (χ4v) is 5.87. The zero-order valence-corrected chi connectivity index (χ0v) is 24.0. The highest BCUT2D eigenvalue weighted by Crippen LogP contribution is 2.38. The number of hydrogen-bond donors (Lipinski definition) is 2. The number of aromatic nitrogens is 1. The third kappa shape index (κ3) is 6.88. The number of aliphatic imine (C=N–C) groups is 1. The van der Waals surface area contributed by atoms with Gasteiger partial charge in [0.25, 0.3) is 5.91 Å². The number of benzene rings is 1. The molecule has 2 aliphatic heterocycles. The molecular formula is C31H42N6O3. The van der Waals surface area contributed by atoms with Gasteiger partial charge in [0, 0.05) is 74.0 Å². The maximum absolute atomic E-state index is 13.2. The maximum atomic E-state index is 13.2. The van der Waals surface area contributed by atoms with E-state index in [-0.39, 0.29) is 29.8 Å². The van der Waals surface area contributed by atoms with E-state index in [0.717, 1.165) is 93.5 Å². The minimum atomic E-state index is -0.227. The second-order valence-corrected chi connectivity index (χ2v) is 11.5. The van der Waals surface area contributed by atoms with Crippen LogP contribution in [0.5, 0.6) is 0 Å². The number of ether oxygens (including phenoxy) is 1. The highest BCUT2D eigenvalue weighted by Gasteiger charge is 2.36. The van der Waals surface area contributed by atoms with E-state index in [1.54, 1.807) is 0 Å². The van der Waals surface area contributed by atoms with E-state index in [4.69, 9.17) is 4.74 Å². The molecule has 2 aromatic rings. The predicted octanol–water partition coefficient (Wildman–Crippen LogP) is 3.82. The molecule has 40 heavy (non-hydrogen) atoms. The number of rotatable bonds is 8. The van der Waals surface area contributed by atoms with Crippen LogP contribution in [0.1, 0.15) is 61.0 Å². The van der Waals surface area contributed by atoms with Crippen molar-refractivity contribution in [3.05, 3.63) is 53.2 Å². The van der Waals surface area contributed by atoms with Crippen LogP contribution in [0.25, 0.3) is 0 Å². The van der Waals surface area contributed by atoms with Gasteiger partial charge in [0.05, 0.1) is 18.9 Å². The molecule has 3 heterocycles. The third-order valence-corrected chi connectivity index (χ3v) is 8.08. The summed E-state index contributed by atoms with van der Waals surface area (Å²) in [6.45, 7) is 11.2. The van der Waals surface area contributed by atoms with Crippen molar-refractivity contribution in [2.45, 2.75) is 65.0 Å². The van der Waals surface area contributed by atoms with Gasteiger partial charge in [-0.25, -0.2) is 4.98 Å². The lowest BCUT2D eigenvalue weighted by molar-refractivity contribution is -0.126. The zero-order valence-electron chi connectivity index (χ0n) is 24.0. The number of carbonyl (C=O) groups excluding carboxylic acids is 2. The summed E-state index contributed by atoms with van der Waals surface area (Å²) < 4.78 is 5.45. The molecule has 2 fully saturated rings. The summed E-state index contributed by atoms with van der Waals surface area (Å²) in [5.74, 6) is 1.55. The summed E-state index contributed by atoms with van der Waals surface area (Å²) in [5, 5.41) is 6.56. The molecule has 2 N–H and O–H groups in total. The molecule has 0 radical (unpaired) electrons. The molecule has 1 saturated heterocycles. The van der Waals surface area contributed by atoms with E-state index in [2.05, 4.69) is 36.5 Å². The van der Waals surface area contributed by atoms with Crippen molar-refractivity contribution in [3.8, 4) is 0 Å². The Kier molecular flexibility index (Phi) is 9.11. The first-order chi connectivity index (χ1) is 19.4. The van der Waals surface area contributed by atoms with Crippen LogP contribution in [0.2, 0.25) is 0 Å². The lowest BCUT2D eigenvalue weighted by Crippen LogP contribution is -2.44. The molecule has 3 aliphatic rings. The number of amidine groups is 1. The molecule has 2 amide bonds. The minimum absolute atomic E-state index is 0.0326. The Morgan fingerprint density at radius 2 is 1.82 bits per heavy atom. The topological polar surface area (TPSA) is 99.2 Å². The maximum Gasteiger partial charge on any atom is 0.278 e. The Morgan fingerprint density at radius 3 is 2.52 bits per heavy atom. The van der Waals surface area contributed by atoms with Crippen molar-refractivity contribution in [1.82, 2.24) is 15.2 Å². The number of aryl methyl sites for hydroxylation is 1. The van der Waals surface area contributed by atoms with Gasteiger partial charge >= 0.3 is 0 Å². The molecule has 1 aromatic heterocycles. The molecule has 0 bridgehead atoms. The van der Waals surface area contributed by atoms with Crippen LogP contribution in [0.4, 0.5) is 11.5 Å². The minimum Gasteiger partial charge on any atom is -0.379 e. The van der Waals surface area contributed by atoms with Crippen LogP contribution >= 0.6 is 0 Å². The van der Waals surface area contributed by atoms with Crippen molar-refractivity contribution in [1.29, 1.82) is 0 Å². The first-order valence-electron chi connectivity index (χ1n) is 14.7. The molecule has 0 atom stereocenters. The number of nitrogens with zero attached hydrogens (tertiary/aromatic N) is 4. The van der Waals surface area contributed by atoms with E-state index in [0.29, 0.717) is 12.0 Å². The van der Waals surface area contributed by atoms with E-state index >= 15 is 0 Å². The Labute approximate surface area is 237 Å². The van der Waals surface area contributed by atoms with E-state index in [1.165, 1.54) is 0 Å². The van der Waals surface area contributed by atoms with Crippen molar-refractivity contribution >= 4 is 29.2 Å². The predicted molar refractivity (Wildman–Crippen MR) is 158 cm³/mol. The second kappa shape index (κ2) is 12.9. The van der Waals surface area contributed by atoms with Gasteiger partial charge in [0.2, 0.25) is 5.91 Å². The van der Waals surface area contributed by atoms with Gasteiger partial charge in [-0.3, -0.25) is 14.5 Å². The number of fused-ring (bicyclic) bond motifs is 1. The number of carbonyl (C=O) groups is 2. The molecule has 9 heteroatoms. The van der Waals surface area contributed by atoms with Gasteiger partial charge in [-0.2, -0.15) is 4.99 Å². The summed E-state index contributed by atoms with van der Waals surface area (Å²) in [4.78, 5) is 39.8. The summed E-state index contributed by atoms with van der Waals surface area (Å²) in [7, 11) is 0. The Hall–Kier alpha value is -3.30. The summed E-state index contributed by atoms with van der Waals surface area (Å²) >= 11 is 0. The average molecular weight is 547 g/mol. The molecule has 0 unspecified atom stereocenters. The Balaban J connectivity index is 1.34. The normalized spacial score (nSPS) is 22.4. The van der Waals surface area contributed by atoms with Crippen molar-refractivity contribution < 1.29 is 14.3 Å². The standard InChI is InChI=1S/C31H42N6O3/c1-21(2)34-30(38)24-8-10-26(11-9-24)37-27-19-28(32-12-13-36-14-16-40-17-15-36)33-20-25(27)18-29(37)35-31(39)23-6-4-22(3)5-7-23/h4-7,19-21,24,26H,8-18H2,1-3H3,(H,32,33)(H,34,38). The summed E-state index contributed by atoms with van der Waals surface area (Å²) in [6, 6.07) is 9.98. The lowest BCUT2D eigenvalue weighted by atomic mass is 9.84. The molecule has 0 spiro atoms. The number of anilines is 2. The van der Waals surface area contributed by atoms with Gasteiger partial charge in [0.15, 0.2) is 0 Å². The van der Waals surface area contributed by atoms with Crippen LogP contribution in [0.15, 0.2) is 41.5 Å². The van der Waals surface area contributed by atoms with Crippen molar-refractivity contribution in [3.63, 3.8) is 0 Å². The fraction of sp³-hybridized carbons (Fsp3) is 0.548. The van der Waals surface area contributed by atoms with Gasteiger partial charge < -0.3 is 20.3 Å². The largest absolute Gasteiger partial charge is 0.379 e. The number of hydrogen-bond acceptors (Lipinski definition) is 6. The second-order valence-electron chi connectivity index (χ2n) is 11.5. The summed E-state index contributed by atoms with van der Waals surface area (Å²) in [5.41, 5.74) is 3.84. The number of amides is 2. The summed E-state index contributed by atoms with van der Waals surface area (Å²) in [6.07, 6.45) is 5.88. The SMILES string of the molecule is Cc1ccc(C(=O)N=C2Cc3cnc(NCCN4CCOCC4)cc3N2C2CCC(C(=O)NC(C)C)CC2)cc1. The quantitative estimate of drug-likeness (QED) is 0.519. The molecule has 9 nitrogen and oxygen atoms in total. The number of morpholine rings is 1. The Bertz CT molecular complexity index is 1210. The van der Waals surface area contributed by atoms with E-state index in [1.807, 2.05) is 51.2 Å². The van der Waals surface area contributed by atoms with Gasteiger partial charge in [0.1, 0.15) is 11.7 Å². The highest BCUT2D eigenvalue weighted by atomic mass is 16.5. The number of pyridine rings is 1. The molecule has 1 aliphatic carbocycles. The molecule has 5 rings (SSSR count). The van der Waals surface area contributed by atoms with Crippen molar-refractivity contribution in [2.24, 2.45) is 10.9 Å². The average Bonchev–Trinajstić information content (AvgIpc) is 3.30. The first kappa shape index (κ1) is 28.2. The molecule has 1 saturated carbocycles. The third-order valence-electron chi connectivity index (χ3n) is 8.08. The van der Waals surface area contributed by atoms with Crippen LogP contribution in [-0.2, 0) is 16.0 Å². The van der Waals surface area contributed by atoms with E-state index in [9.17, 15) is 9.59 Å². The molecule has 1 aromatic carbocycles. The smallest absolute Gasteiger partial charge is 0.278 e. The van der Waals surface area contributed by atoms with Crippen LogP contribution in [-0.4, -0.2) is 79.0 Å². The Morgan fingerprint density at radius 1 is 1.10 bits per heavy atom. The zero-order chi connectivity index (χ0) is 28.1. The molecular weight excluding hydrogens is 504 g/mol. The van der Waals surface area contributed by atoms with Crippen LogP contribution in [0, 0.1) is 12.8 Å². The van der Waals surface area contributed by atoms with Crippen LogP contribution in [0.3, 0.4) is 0 Å². The van der Waals surface area contributed by atoms with Gasteiger partial charge in [-0.05, 0) is 58.6 Å². The lowest BCUT2D eigenvalue weighted by Gasteiger charge is -2.36. The molecule has 214 valence electrons.